The molecule has 0 spiro atoms. The molecule has 3 rings (SSSR count). The van der Waals surface area contributed by atoms with Gasteiger partial charge in [-0.05, 0) is 52.3 Å². The molecule has 0 unspecified atom stereocenters. The van der Waals surface area contributed by atoms with E-state index in [9.17, 15) is 4.79 Å². The van der Waals surface area contributed by atoms with E-state index in [4.69, 9.17) is 20.8 Å². The SMILES string of the molecule is O=C(Nc1ccc(Br)cn1)c1ccc(COc2ccccc2Cl)o1. The Hall–Kier alpha value is -2.31. The molecular weight excluding hydrogens is 396 g/mol. The van der Waals surface area contributed by atoms with Crippen LogP contribution in [0.3, 0.4) is 0 Å². The highest BCUT2D eigenvalue weighted by Crippen LogP contribution is 2.24. The van der Waals surface area contributed by atoms with Crippen LogP contribution in [0, 0.1) is 0 Å². The zero-order chi connectivity index (χ0) is 16.9. The highest BCUT2D eigenvalue weighted by Gasteiger charge is 2.12. The fraction of sp³-hybridized carbons (Fsp3) is 0.0588. The number of halogens is 2. The predicted molar refractivity (Wildman–Crippen MR) is 94.4 cm³/mol. The Labute approximate surface area is 151 Å². The lowest BCUT2D eigenvalue weighted by Crippen LogP contribution is -2.11. The molecule has 5 nitrogen and oxygen atoms in total. The third-order valence-electron chi connectivity index (χ3n) is 3.06. The van der Waals surface area contributed by atoms with E-state index in [-0.39, 0.29) is 18.3 Å². The first-order chi connectivity index (χ1) is 11.6. The van der Waals surface area contributed by atoms with Crippen molar-refractivity contribution in [1.29, 1.82) is 0 Å². The van der Waals surface area contributed by atoms with Gasteiger partial charge in [-0.15, -0.1) is 0 Å². The molecule has 3 aromatic rings. The molecule has 24 heavy (non-hydrogen) atoms. The number of para-hydroxylation sites is 1. The standard InChI is InChI=1S/C17H12BrClN2O3/c18-11-5-8-16(20-9-11)21-17(22)15-7-6-12(24-15)10-23-14-4-2-1-3-13(14)19/h1-9H,10H2,(H,20,21,22). The molecular formula is C17H12BrClN2O3. The lowest BCUT2D eigenvalue weighted by molar-refractivity contribution is 0.0992. The summed E-state index contributed by atoms with van der Waals surface area (Å²) in [6.45, 7) is 0.174. The Balaban J connectivity index is 1.61. The number of ether oxygens (including phenoxy) is 1. The summed E-state index contributed by atoms with van der Waals surface area (Å²) in [4.78, 5) is 16.2. The first kappa shape index (κ1) is 16.5. The summed E-state index contributed by atoms with van der Waals surface area (Å²) in [5.41, 5.74) is 0. The van der Waals surface area contributed by atoms with Gasteiger partial charge in [0.2, 0.25) is 0 Å². The number of benzene rings is 1. The monoisotopic (exact) mass is 406 g/mol. The number of hydrogen-bond acceptors (Lipinski definition) is 4. The first-order valence-electron chi connectivity index (χ1n) is 7.01. The van der Waals surface area contributed by atoms with Crippen molar-refractivity contribution < 1.29 is 13.9 Å². The highest BCUT2D eigenvalue weighted by atomic mass is 79.9. The van der Waals surface area contributed by atoms with Crippen LogP contribution in [0.2, 0.25) is 5.02 Å². The van der Waals surface area contributed by atoms with Crippen LogP contribution in [0.4, 0.5) is 5.82 Å². The number of anilines is 1. The Morgan fingerprint density at radius 3 is 2.79 bits per heavy atom. The lowest BCUT2D eigenvalue weighted by Gasteiger charge is -2.05. The maximum absolute atomic E-state index is 12.1. The molecule has 0 saturated carbocycles. The lowest BCUT2D eigenvalue weighted by atomic mass is 10.3. The molecule has 0 aliphatic heterocycles. The smallest absolute Gasteiger partial charge is 0.292 e. The molecule has 0 fully saturated rings. The van der Waals surface area contributed by atoms with Crippen LogP contribution in [-0.4, -0.2) is 10.9 Å². The van der Waals surface area contributed by atoms with Gasteiger partial charge in [0.05, 0.1) is 5.02 Å². The van der Waals surface area contributed by atoms with Gasteiger partial charge in [-0.25, -0.2) is 4.98 Å². The zero-order valence-electron chi connectivity index (χ0n) is 12.3. The van der Waals surface area contributed by atoms with E-state index in [1.165, 1.54) is 0 Å². The summed E-state index contributed by atoms with van der Waals surface area (Å²) in [5.74, 6) is 1.31. The minimum absolute atomic E-state index is 0.174. The highest BCUT2D eigenvalue weighted by molar-refractivity contribution is 9.10. The summed E-state index contributed by atoms with van der Waals surface area (Å²) in [6.07, 6.45) is 1.60. The fourth-order valence-corrected chi connectivity index (χ4v) is 2.34. The molecule has 1 amide bonds. The number of furan rings is 1. The van der Waals surface area contributed by atoms with E-state index < -0.39 is 0 Å². The molecule has 1 N–H and O–H groups in total. The minimum Gasteiger partial charge on any atom is -0.484 e. The van der Waals surface area contributed by atoms with Gasteiger partial charge in [0, 0.05) is 10.7 Å². The quantitative estimate of drug-likeness (QED) is 0.652. The number of amides is 1. The predicted octanol–water partition coefficient (Wildman–Crippen LogP) is 4.92. The molecule has 0 radical (unpaired) electrons. The molecule has 0 aliphatic rings. The Bertz CT molecular complexity index is 849. The Kier molecular flexibility index (Phi) is 5.17. The van der Waals surface area contributed by atoms with Gasteiger partial charge in [-0.1, -0.05) is 23.7 Å². The third-order valence-corrected chi connectivity index (χ3v) is 3.84. The summed E-state index contributed by atoms with van der Waals surface area (Å²) in [5, 5.41) is 3.17. The number of rotatable bonds is 5. The van der Waals surface area contributed by atoms with Gasteiger partial charge in [0.1, 0.15) is 23.9 Å². The van der Waals surface area contributed by atoms with Gasteiger partial charge in [0.25, 0.3) is 5.91 Å². The van der Waals surface area contributed by atoms with Crippen molar-refractivity contribution in [3.63, 3.8) is 0 Å². The van der Waals surface area contributed by atoms with Gasteiger partial charge in [0.15, 0.2) is 5.76 Å². The number of hydrogen-bond donors (Lipinski definition) is 1. The molecule has 122 valence electrons. The van der Waals surface area contributed by atoms with Crippen LogP contribution in [0.15, 0.2) is 63.6 Å². The van der Waals surface area contributed by atoms with Gasteiger partial charge in [-0.3, -0.25) is 4.79 Å². The molecule has 0 aliphatic carbocycles. The van der Waals surface area contributed by atoms with Crippen LogP contribution in [0.25, 0.3) is 0 Å². The molecule has 0 bridgehead atoms. The Morgan fingerprint density at radius 1 is 1.21 bits per heavy atom. The number of carbonyl (C=O) groups is 1. The normalized spacial score (nSPS) is 10.4. The molecule has 7 heteroatoms. The summed E-state index contributed by atoms with van der Waals surface area (Å²) >= 11 is 9.30. The number of aromatic nitrogens is 1. The van der Waals surface area contributed by atoms with Crippen LogP contribution < -0.4 is 10.1 Å². The fourth-order valence-electron chi connectivity index (χ4n) is 1.92. The first-order valence-corrected chi connectivity index (χ1v) is 8.18. The second-order valence-corrected chi connectivity index (χ2v) is 6.12. The van der Waals surface area contributed by atoms with Crippen molar-refractivity contribution in [3.8, 4) is 5.75 Å². The minimum atomic E-state index is -0.381. The third kappa shape index (κ3) is 4.15. The van der Waals surface area contributed by atoms with Crippen LogP contribution in [0.5, 0.6) is 5.75 Å². The second-order valence-electron chi connectivity index (χ2n) is 4.80. The van der Waals surface area contributed by atoms with Crippen molar-refractivity contribution in [2.45, 2.75) is 6.61 Å². The number of carbonyl (C=O) groups excluding carboxylic acids is 1. The van der Waals surface area contributed by atoms with E-state index >= 15 is 0 Å². The van der Waals surface area contributed by atoms with Gasteiger partial charge >= 0.3 is 0 Å². The van der Waals surface area contributed by atoms with Crippen LogP contribution >= 0.6 is 27.5 Å². The maximum atomic E-state index is 12.1. The van der Waals surface area contributed by atoms with E-state index in [0.29, 0.717) is 22.4 Å². The van der Waals surface area contributed by atoms with E-state index in [2.05, 4.69) is 26.2 Å². The molecule has 1 aromatic carbocycles. The average Bonchev–Trinajstić information content (AvgIpc) is 3.05. The number of nitrogens with zero attached hydrogens (tertiary/aromatic N) is 1. The van der Waals surface area contributed by atoms with E-state index in [0.717, 1.165) is 4.47 Å². The molecule has 2 aromatic heterocycles. The van der Waals surface area contributed by atoms with Gasteiger partial charge in [-0.2, -0.15) is 0 Å². The number of nitrogens with one attached hydrogen (secondary N) is 1. The van der Waals surface area contributed by atoms with Crippen LogP contribution in [0.1, 0.15) is 16.3 Å². The van der Waals surface area contributed by atoms with Gasteiger partial charge < -0.3 is 14.5 Å². The molecule has 0 saturated heterocycles. The van der Waals surface area contributed by atoms with E-state index in [1.54, 1.807) is 42.6 Å². The summed E-state index contributed by atoms with van der Waals surface area (Å²) in [7, 11) is 0. The van der Waals surface area contributed by atoms with Crippen molar-refractivity contribution in [1.82, 2.24) is 4.98 Å². The summed E-state index contributed by atoms with van der Waals surface area (Å²) < 4.78 is 11.9. The van der Waals surface area contributed by atoms with E-state index in [1.807, 2.05) is 12.1 Å². The second kappa shape index (κ2) is 7.51. The zero-order valence-corrected chi connectivity index (χ0v) is 14.7. The maximum Gasteiger partial charge on any atom is 0.292 e. The van der Waals surface area contributed by atoms with Crippen molar-refractivity contribution in [2.24, 2.45) is 0 Å². The number of pyridine rings is 1. The van der Waals surface area contributed by atoms with Crippen molar-refractivity contribution >= 4 is 39.3 Å². The van der Waals surface area contributed by atoms with Crippen molar-refractivity contribution in [3.05, 3.63) is 75.7 Å². The molecule has 2 heterocycles. The van der Waals surface area contributed by atoms with Crippen LogP contribution in [-0.2, 0) is 6.61 Å². The largest absolute Gasteiger partial charge is 0.484 e. The average molecular weight is 408 g/mol. The molecule has 0 atom stereocenters. The topological polar surface area (TPSA) is 64.4 Å². The Morgan fingerprint density at radius 2 is 2.04 bits per heavy atom. The van der Waals surface area contributed by atoms with Crippen molar-refractivity contribution in [2.75, 3.05) is 5.32 Å². The summed E-state index contributed by atoms with van der Waals surface area (Å²) in [6, 6.07) is 13.9.